The zero-order chi connectivity index (χ0) is 8.48. The van der Waals surface area contributed by atoms with Crippen molar-refractivity contribution >= 4 is 10.0 Å². The van der Waals surface area contributed by atoms with E-state index in [1.54, 1.807) is 0 Å². The van der Waals surface area contributed by atoms with E-state index < -0.39 is 20.9 Å². The summed E-state index contributed by atoms with van der Waals surface area (Å²) < 4.78 is 33.4. The normalized spacial score (nSPS) is 11.5. The van der Waals surface area contributed by atoms with Crippen LogP contribution >= 0.6 is 0 Å². The Labute approximate surface area is 62.9 Å². The Morgan fingerprint density at radius 3 is 2.55 bits per heavy atom. The fraction of sp³-hybridized carbons (Fsp3) is 0. The van der Waals surface area contributed by atoms with Gasteiger partial charge in [-0.2, -0.15) is 0 Å². The summed E-state index contributed by atoms with van der Waals surface area (Å²) >= 11 is 0. The van der Waals surface area contributed by atoms with Gasteiger partial charge in [0.05, 0.1) is 0 Å². The van der Waals surface area contributed by atoms with Crippen LogP contribution in [0.5, 0.6) is 0 Å². The molecule has 60 valence electrons. The number of aromatic nitrogens is 1. The molecule has 0 saturated heterocycles. The van der Waals surface area contributed by atoms with Crippen LogP contribution in [0.4, 0.5) is 4.39 Å². The van der Waals surface area contributed by atoms with E-state index >= 15 is 0 Å². The molecule has 0 fully saturated rings. The highest BCUT2D eigenvalue weighted by Gasteiger charge is 2.08. The molecule has 0 aliphatic heterocycles. The van der Waals surface area contributed by atoms with Gasteiger partial charge in [-0.25, -0.2) is 22.9 Å². The van der Waals surface area contributed by atoms with E-state index in [1.807, 2.05) is 0 Å². The molecule has 0 aliphatic rings. The molecule has 1 aromatic heterocycles. The highest BCUT2D eigenvalue weighted by molar-refractivity contribution is 7.89. The average molecular weight is 176 g/mol. The van der Waals surface area contributed by atoms with Crippen molar-refractivity contribution in [3.8, 4) is 0 Å². The summed E-state index contributed by atoms with van der Waals surface area (Å²) in [5.41, 5.74) is 0. The van der Waals surface area contributed by atoms with Gasteiger partial charge in [-0.15, -0.1) is 0 Å². The van der Waals surface area contributed by atoms with Crippen molar-refractivity contribution in [2.45, 2.75) is 5.03 Å². The van der Waals surface area contributed by atoms with Crippen LogP contribution in [0.1, 0.15) is 0 Å². The summed E-state index contributed by atoms with van der Waals surface area (Å²) in [6, 6.07) is 1.80. The van der Waals surface area contributed by atoms with Gasteiger partial charge in [0.1, 0.15) is 5.82 Å². The minimum atomic E-state index is -3.88. The van der Waals surface area contributed by atoms with Gasteiger partial charge < -0.3 is 0 Å². The molecule has 0 bridgehead atoms. The van der Waals surface area contributed by atoms with Gasteiger partial charge in [-0.1, -0.05) is 0 Å². The number of sulfonamides is 1. The van der Waals surface area contributed by atoms with Gasteiger partial charge in [0.15, 0.2) is 5.03 Å². The monoisotopic (exact) mass is 176 g/mol. The molecule has 0 saturated carbocycles. The Hall–Kier alpha value is -1.01. The zero-order valence-corrected chi connectivity index (χ0v) is 6.18. The van der Waals surface area contributed by atoms with Crippen LogP contribution in [-0.2, 0) is 10.0 Å². The van der Waals surface area contributed by atoms with Gasteiger partial charge in [0.2, 0.25) is 0 Å². The van der Waals surface area contributed by atoms with Gasteiger partial charge in [0.25, 0.3) is 10.0 Å². The van der Waals surface area contributed by atoms with Gasteiger partial charge in [-0.05, 0) is 6.07 Å². The van der Waals surface area contributed by atoms with Crippen molar-refractivity contribution < 1.29 is 12.8 Å². The maximum Gasteiger partial charge on any atom is 0.255 e. The molecule has 0 amide bonds. The third-order valence-electron chi connectivity index (χ3n) is 0.988. The largest absolute Gasteiger partial charge is 0.255 e. The van der Waals surface area contributed by atoms with E-state index in [-0.39, 0.29) is 0 Å². The lowest BCUT2D eigenvalue weighted by atomic mass is 10.5. The highest BCUT2D eigenvalue weighted by atomic mass is 32.2. The predicted octanol–water partition coefficient (Wildman–Crippen LogP) is -0.132. The average Bonchev–Trinajstić information content (AvgIpc) is 1.86. The SMILES string of the molecule is NS(=O)(=O)c1cc(F)ccn1. The molecule has 1 aromatic rings. The Morgan fingerprint density at radius 2 is 2.18 bits per heavy atom. The lowest BCUT2D eigenvalue weighted by Gasteiger charge is -1.94. The van der Waals surface area contributed by atoms with E-state index in [2.05, 4.69) is 10.1 Å². The van der Waals surface area contributed by atoms with Crippen molar-refractivity contribution in [2.24, 2.45) is 5.14 Å². The Bertz CT molecular complexity index is 363. The van der Waals surface area contributed by atoms with E-state index in [0.717, 1.165) is 18.3 Å². The smallest absolute Gasteiger partial charge is 0.243 e. The fourth-order valence-electron chi connectivity index (χ4n) is 0.541. The van der Waals surface area contributed by atoms with Crippen LogP contribution in [-0.4, -0.2) is 13.4 Å². The topological polar surface area (TPSA) is 73.1 Å². The van der Waals surface area contributed by atoms with E-state index in [4.69, 9.17) is 0 Å². The van der Waals surface area contributed by atoms with Crippen LogP contribution < -0.4 is 5.14 Å². The van der Waals surface area contributed by atoms with Crippen LogP contribution in [0, 0.1) is 5.82 Å². The van der Waals surface area contributed by atoms with E-state index in [1.165, 1.54) is 0 Å². The summed E-state index contributed by atoms with van der Waals surface area (Å²) in [7, 11) is -3.88. The molecule has 11 heavy (non-hydrogen) atoms. The van der Waals surface area contributed by atoms with Crippen LogP contribution in [0.15, 0.2) is 23.4 Å². The predicted molar refractivity (Wildman–Crippen MR) is 35.6 cm³/mol. The minimum Gasteiger partial charge on any atom is -0.243 e. The molecule has 0 radical (unpaired) electrons. The van der Waals surface area contributed by atoms with Crippen LogP contribution in [0.25, 0.3) is 0 Å². The number of halogens is 1. The van der Waals surface area contributed by atoms with Crippen molar-refractivity contribution in [1.29, 1.82) is 0 Å². The minimum absolute atomic E-state index is 0.461. The summed E-state index contributed by atoms with van der Waals surface area (Å²) in [4.78, 5) is 3.36. The first-order valence-electron chi connectivity index (χ1n) is 2.64. The van der Waals surface area contributed by atoms with Crippen LogP contribution in [0.3, 0.4) is 0 Å². The molecular weight excluding hydrogens is 171 g/mol. The first-order valence-corrected chi connectivity index (χ1v) is 4.19. The summed E-state index contributed by atoms with van der Waals surface area (Å²) in [6.45, 7) is 0. The number of primary sulfonamides is 1. The molecular formula is C5H5FN2O2S. The Balaban J connectivity index is 3.28. The molecule has 1 rings (SSSR count). The molecule has 0 unspecified atom stereocenters. The second-order valence-electron chi connectivity index (χ2n) is 1.86. The lowest BCUT2D eigenvalue weighted by molar-refractivity contribution is 0.586. The van der Waals surface area contributed by atoms with Gasteiger partial charge in [-0.3, -0.25) is 0 Å². The molecule has 4 nitrogen and oxygen atoms in total. The second kappa shape index (κ2) is 2.55. The van der Waals surface area contributed by atoms with Gasteiger partial charge in [0, 0.05) is 12.3 Å². The molecule has 0 aromatic carbocycles. The maximum atomic E-state index is 12.3. The van der Waals surface area contributed by atoms with Crippen LogP contribution in [0.2, 0.25) is 0 Å². The number of rotatable bonds is 1. The third-order valence-corrected chi connectivity index (χ3v) is 1.79. The molecule has 2 N–H and O–H groups in total. The third kappa shape index (κ3) is 1.95. The Morgan fingerprint density at radius 1 is 1.55 bits per heavy atom. The number of nitrogens with zero attached hydrogens (tertiary/aromatic N) is 1. The molecule has 0 aliphatic carbocycles. The van der Waals surface area contributed by atoms with Crippen molar-refractivity contribution in [3.05, 3.63) is 24.1 Å². The standard InChI is InChI=1S/C5H5FN2O2S/c6-4-1-2-8-5(3-4)11(7,9)10/h1-3H,(H2,7,9,10). The number of nitrogens with two attached hydrogens (primary N) is 1. The van der Waals surface area contributed by atoms with E-state index in [9.17, 15) is 12.8 Å². The quantitative estimate of drug-likeness (QED) is 0.647. The molecule has 6 heteroatoms. The molecule has 0 spiro atoms. The first kappa shape index (κ1) is 8.09. The van der Waals surface area contributed by atoms with Gasteiger partial charge >= 0.3 is 0 Å². The zero-order valence-electron chi connectivity index (χ0n) is 5.36. The van der Waals surface area contributed by atoms with Crippen molar-refractivity contribution in [2.75, 3.05) is 0 Å². The Kier molecular flexibility index (Phi) is 1.88. The second-order valence-corrected chi connectivity index (χ2v) is 3.37. The first-order chi connectivity index (χ1) is 5.00. The number of hydrogen-bond acceptors (Lipinski definition) is 3. The highest BCUT2D eigenvalue weighted by Crippen LogP contribution is 2.03. The summed E-state index contributed by atoms with van der Waals surface area (Å²) in [5.74, 6) is -0.677. The van der Waals surface area contributed by atoms with Crippen molar-refractivity contribution in [3.63, 3.8) is 0 Å². The fourth-order valence-corrected chi connectivity index (χ4v) is 1.03. The molecule has 0 atom stereocenters. The summed E-state index contributed by atoms with van der Waals surface area (Å²) in [5, 5.41) is 4.21. The summed E-state index contributed by atoms with van der Waals surface area (Å²) in [6.07, 6.45) is 1.04. The van der Waals surface area contributed by atoms with Crippen molar-refractivity contribution in [1.82, 2.24) is 4.98 Å². The lowest BCUT2D eigenvalue weighted by Crippen LogP contribution is -2.13. The molecule has 1 heterocycles. The van der Waals surface area contributed by atoms with E-state index in [0.29, 0.717) is 0 Å². The number of pyridine rings is 1. The maximum absolute atomic E-state index is 12.3. The number of hydrogen-bond donors (Lipinski definition) is 1.